The number of hydrogen-bond donors (Lipinski definition) is 1. The second-order valence-electron chi connectivity index (χ2n) is 4.18. The van der Waals surface area contributed by atoms with E-state index in [-0.39, 0.29) is 0 Å². The molecule has 0 aliphatic carbocycles. The summed E-state index contributed by atoms with van der Waals surface area (Å²) in [5.41, 5.74) is 2.76. The Balaban J connectivity index is 2.41. The lowest BCUT2D eigenvalue weighted by Gasteiger charge is -2.12. The molecule has 1 heteroatoms. The summed E-state index contributed by atoms with van der Waals surface area (Å²) in [5, 5.41) is 1.40. The zero-order valence-electron chi connectivity index (χ0n) is 9.59. The van der Waals surface area contributed by atoms with Crippen molar-refractivity contribution in [1.82, 2.24) is 4.98 Å². The molecule has 0 radical (unpaired) electrons. The molecule has 0 saturated heterocycles. The van der Waals surface area contributed by atoms with E-state index in [1.807, 2.05) is 0 Å². The van der Waals surface area contributed by atoms with Crippen molar-refractivity contribution in [1.29, 1.82) is 0 Å². The zero-order chi connectivity index (χ0) is 10.7. The molecular formula is C14H19N. The van der Waals surface area contributed by atoms with Crippen molar-refractivity contribution in [3.05, 3.63) is 36.0 Å². The first-order valence-electron chi connectivity index (χ1n) is 5.92. The minimum Gasteiger partial charge on any atom is -0.361 e. The van der Waals surface area contributed by atoms with E-state index in [4.69, 9.17) is 0 Å². The Morgan fingerprint density at radius 3 is 2.73 bits per heavy atom. The molecule has 1 aromatic heterocycles. The first-order valence-corrected chi connectivity index (χ1v) is 5.92. The molecule has 0 fully saturated rings. The molecule has 0 saturated carbocycles. The summed E-state index contributed by atoms with van der Waals surface area (Å²) < 4.78 is 0. The van der Waals surface area contributed by atoms with Gasteiger partial charge in [-0.1, -0.05) is 38.5 Å². The Hall–Kier alpha value is -1.24. The molecule has 1 aromatic carbocycles. The standard InChI is InChI=1S/C14H19N/c1-3-7-11(4-2)13-10-15-14-9-6-5-8-12(13)14/h5-6,8-11,15H,3-4,7H2,1-2H3. The Labute approximate surface area is 91.5 Å². The number of para-hydroxylation sites is 1. The molecular weight excluding hydrogens is 182 g/mol. The topological polar surface area (TPSA) is 15.8 Å². The van der Waals surface area contributed by atoms with E-state index in [0.29, 0.717) is 5.92 Å². The molecule has 1 N–H and O–H groups in total. The van der Waals surface area contributed by atoms with Crippen molar-refractivity contribution in [2.24, 2.45) is 0 Å². The van der Waals surface area contributed by atoms with Gasteiger partial charge in [-0.25, -0.2) is 0 Å². The molecule has 0 bridgehead atoms. The van der Waals surface area contributed by atoms with Crippen LogP contribution in [0.15, 0.2) is 30.5 Å². The molecule has 2 aromatic rings. The molecule has 0 aliphatic rings. The van der Waals surface area contributed by atoms with Crippen molar-refractivity contribution in [3.8, 4) is 0 Å². The van der Waals surface area contributed by atoms with E-state index in [1.54, 1.807) is 0 Å². The lowest BCUT2D eigenvalue weighted by atomic mass is 9.92. The maximum absolute atomic E-state index is 3.36. The van der Waals surface area contributed by atoms with Gasteiger partial charge in [0, 0.05) is 17.1 Å². The molecule has 1 unspecified atom stereocenters. The van der Waals surface area contributed by atoms with Crippen LogP contribution < -0.4 is 0 Å². The lowest BCUT2D eigenvalue weighted by Crippen LogP contribution is -1.95. The van der Waals surface area contributed by atoms with Crippen LogP contribution >= 0.6 is 0 Å². The predicted molar refractivity (Wildman–Crippen MR) is 66.2 cm³/mol. The molecule has 1 heterocycles. The molecule has 15 heavy (non-hydrogen) atoms. The second-order valence-corrected chi connectivity index (χ2v) is 4.18. The summed E-state index contributed by atoms with van der Waals surface area (Å²) in [6.07, 6.45) is 5.97. The third-order valence-electron chi connectivity index (χ3n) is 3.19. The Bertz CT molecular complexity index is 428. The first-order chi connectivity index (χ1) is 7.36. The third-order valence-corrected chi connectivity index (χ3v) is 3.19. The van der Waals surface area contributed by atoms with E-state index >= 15 is 0 Å². The Morgan fingerprint density at radius 2 is 2.00 bits per heavy atom. The average Bonchev–Trinajstić information content (AvgIpc) is 2.70. The van der Waals surface area contributed by atoms with Crippen molar-refractivity contribution in [2.45, 2.75) is 39.0 Å². The van der Waals surface area contributed by atoms with Crippen LogP contribution in [0.3, 0.4) is 0 Å². The van der Waals surface area contributed by atoms with Crippen LogP contribution in [-0.4, -0.2) is 4.98 Å². The van der Waals surface area contributed by atoms with Gasteiger partial charge in [0.15, 0.2) is 0 Å². The summed E-state index contributed by atoms with van der Waals surface area (Å²) in [6.45, 7) is 4.54. The van der Waals surface area contributed by atoms with Crippen molar-refractivity contribution < 1.29 is 0 Å². The molecule has 0 amide bonds. The van der Waals surface area contributed by atoms with Crippen LogP contribution in [0.5, 0.6) is 0 Å². The number of fused-ring (bicyclic) bond motifs is 1. The lowest BCUT2D eigenvalue weighted by molar-refractivity contribution is 0.599. The Kier molecular flexibility index (Phi) is 3.10. The van der Waals surface area contributed by atoms with Crippen LogP contribution in [0.2, 0.25) is 0 Å². The van der Waals surface area contributed by atoms with Crippen molar-refractivity contribution >= 4 is 10.9 Å². The number of H-pyrrole nitrogens is 1. The number of nitrogens with one attached hydrogen (secondary N) is 1. The smallest absolute Gasteiger partial charge is 0.0456 e. The normalized spacial score (nSPS) is 13.2. The van der Waals surface area contributed by atoms with Crippen LogP contribution in [0, 0.1) is 0 Å². The Morgan fingerprint density at radius 1 is 1.20 bits per heavy atom. The largest absolute Gasteiger partial charge is 0.361 e. The monoisotopic (exact) mass is 201 g/mol. The van der Waals surface area contributed by atoms with E-state index < -0.39 is 0 Å². The van der Waals surface area contributed by atoms with Crippen molar-refractivity contribution in [2.75, 3.05) is 0 Å². The van der Waals surface area contributed by atoms with E-state index in [0.717, 1.165) is 0 Å². The molecule has 1 nitrogen and oxygen atoms in total. The van der Waals surface area contributed by atoms with Gasteiger partial charge in [0.05, 0.1) is 0 Å². The maximum Gasteiger partial charge on any atom is 0.0456 e. The van der Waals surface area contributed by atoms with Crippen LogP contribution in [0.1, 0.15) is 44.6 Å². The van der Waals surface area contributed by atoms with Crippen molar-refractivity contribution in [3.63, 3.8) is 0 Å². The molecule has 80 valence electrons. The quantitative estimate of drug-likeness (QED) is 0.751. The number of rotatable bonds is 4. The van der Waals surface area contributed by atoms with Gasteiger partial charge in [0.25, 0.3) is 0 Å². The van der Waals surface area contributed by atoms with Gasteiger partial charge < -0.3 is 4.98 Å². The summed E-state index contributed by atoms with van der Waals surface area (Å²) in [4.78, 5) is 3.36. The number of hydrogen-bond acceptors (Lipinski definition) is 0. The summed E-state index contributed by atoms with van der Waals surface area (Å²) in [7, 11) is 0. The number of aromatic amines is 1. The average molecular weight is 201 g/mol. The van der Waals surface area contributed by atoms with Gasteiger partial charge in [-0.3, -0.25) is 0 Å². The summed E-state index contributed by atoms with van der Waals surface area (Å²) in [6, 6.07) is 8.58. The fourth-order valence-electron chi connectivity index (χ4n) is 2.36. The second kappa shape index (κ2) is 4.52. The van der Waals surface area contributed by atoms with Crippen LogP contribution in [-0.2, 0) is 0 Å². The highest BCUT2D eigenvalue weighted by Crippen LogP contribution is 2.30. The fraction of sp³-hybridized carbons (Fsp3) is 0.429. The SMILES string of the molecule is CCCC(CC)c1c[nH]c2ccccc12. The first kappa shape index (κ1) is 10.3. The highest BCUT2D eigenvalue weighted by molar-refractivity contribution is 5.83. The van der Waals surface area contributed by atoms with E-state index in [1.165, 1.54) is 35.7 Å². The van der Waals surface area contributed by atoms with Gasteiger partial charge >= 0.3 is 0 Å². The molecule has 2 rings (SSSR count). The maximum atomic E-state index is 3.36. The minimum atomic E-state index is 0.714. The minimum absolute atomic E-state index is 0.714. The third kappa shape index (κ3) is 1.92. The van der Waals surface area contributed by atoms with E-state index in [9.17, 15) is 0 Å². The van der Waals surface area contributed by atoms with E-state index in [2.05, 4.69) is 49.3 Å². The van der Waals surface area contributed by atoms with Gasteiger partial charge in [-0.2, -0.15) is 0 Å². The van der Waals surface area contributed by atoms with Gasteiger partial charge in [-0.05, 0) is 30.4 Å². The number of aromatic nitrogens is 1. The highest BCUT2D eigenvalue weighted by atomic mass is 14.7. The molecule has 1 atom stereocenters. The highest BCUT2D eigenvalue weighted by Gasteiger charge is 2.12. The summed E-state index contributed by atoms with van der Waals surface area (Å²) in [5.74, 6) is 0.714. The zero-order valence-corrected chi connectivity index (χ0v) is 9.59. The molecule has 0 spiro atoms. The van der Waals surface area contributed by atoms with Crippen LogP contribution in [0.25, 0.3) is 10.9 Å². The van der Waals surface area contributed by atoms with Crippen LogP contribution in [0.4, 0.5) is 0 Å². The predicted octanol–water partition coefficient (Wildman–Crippen LogP) is 4.46. The summed E-state index contributed by atoms with van der Waals surface area (Å²) >= 11 is 0. The molecule has 0 aliphatic heterocycles. The van der Waals surface area contributed by atoms with Gasteiger partial charge in [0.1, 0.15) is 0 Å². The van der Waals surface area contributed by atoms with Gasteiger partial charge in [0.2, 0.25) is 0 Å². The number of benzene rings is 1. The fourth-order valence-corrected chi connectivity index (χ4v) is 2.36. The van der Waals surface area contributed by atoms with Gasteiger partial charge in [-0.15, -0.1) is 0 Å².